The zero-order chi connectivity index (χ0) is 25.8. The van der Waals surface area contributed by atoms with Crippen LogP contribution in [0.15, 0.2) is 97.6 Å². The quantitative estimate of drug-likeness (QED) is 0.170. The van der Waals surface area contributed by atoms with E-state index in [1.54, 1.807) is 22.7 Å². The number of ether oxygens (including phenoxy) is 1. The standard InChI is InChI=1S/C32H16N4OS2.Pt/c1-3-25(19-7-9-27-23(15-19)21-11-13-33-17-29(21)38-27)35-31(5-1)37-32-6-2-4-26(36-32)20-8-10-28-24(16-20)22-12-14-34-18-30(22)39-28;/h1-6,9-18H;/q-2;+2. The summed E-state index contributed by atoms with van der Waals surface area (Å²) in [6.07, 6.45) is 7.47. The monoisotopic (exact) mass is 731 g/mol. The van der Waals surface area contributed by atoms with E-state index in [0.717, 1.165) is 31.9 Å². The summed E-state index contributed by atoms with van der Waals surface area (Å²) in [5.41, 5.74) is 3.40. The third-order valence-corrected chi connectivity index (χ3v) is 8.83. The second kappa shape index (κ2) is 10.2. The topological polar surface area (TPSA) is 60.8 Å². The van der Waals surface area contributed by atoms with E-state index < -0.39 is 0 Å². The predicted molar refractivity (Wildman–Crippen MR) is 158 cm³/mol. The van der Waals surface area contributed by atoms with Crippen LogP contribution in [0.5, 0.6) is 11.8 Å². The fraction of sp³-hybridized carbons (Fsp3) is 0. The first-order valence-corrected chi connectivity index (χ1v) is 13.9. The Balaban J connectivity index is 0.00000264. The Hall–Kier alpha value is -4.03. The third kappa shape index (κ3) is 4.37. The number of hydrogen-bond acceptors (Lipinski definition) is 7. The molecule has 0 bridgehead atoms. The van der Waals surface area contributed by atoms with Gasteiger partial charge in [0.15, 0.2) is 0 Å². The van der Waals surface area contributed by atoms with Crippen LogP contribution < -0.4 is 4.74 Å². The van der Waals surface area contributed by atoms with Crippen LogP contribution in [0.1, 0.15) is 0 Å². The number of pyridine rings is 4. The molecule has 6 aromatic heterocycles. The Morgan fingerprint density at radius 1 is 0.575 bits per heavy atom. The van der Waals surface area contributed by atoms with E-state index in [4.69, 9.17) is 14.7 Å². The summed E-state index contributed by atoms with van der Waals surface area (Å²) >= 11 is 3.44. The second-order valence-corrected chi connectivity index (χ2v) is 11.2. The first-order valence-electron chi connectivity index (χ1n) is 12.3. The number of thiophene rings is 2. The maximum absolute atomic E-state index is 6.13. The Morgan fingerprint density at radius 2 is 1.07 bits per heavy atom. The molecule has 0 saturated carbocycles. The van der Waals surface area contributed by atoms with Crippen molar-refractivity contribution >= 4 is 63.0 Å². The van der Waals surface area contributed by atoms with Crippen LogP contribution in [0.2, 0.25) is 0 Å². The van der Waals surface area contributed by atoms with Gasteiger partial charge in [0.05, 0.1) is 0 Å². The molecule has 5 nitrogen and oxygen atoms in total. The van der Waals surface area contributed by atoms with Crippen LogP contribution in [0.3, 0.4) is 0 Å². The molecule has 0 fully saturated rings. The Labute approximate surface area is 251 Å². The number of nitrogens with zero attached hydrogens (tertiary/aromatic N) is 4. The molecule has 0 aliphatic heterocycles. The van der Waals surface area contributed by atoms with Crippen molar-refractivity contribution in [1.29, 1.82) is 0 Å². The number of rotatable bonds is 4. The fourth-order valence-electron chi connectivity index (χ4n) is 4.80. The van der Waals surface area contributed by atoms with Crippen LogP contribution >= 0.6 is 22.7 Å². The minimum atomic E-state index is 0. The second-order valence-electron chi connectivity index (χ2n) is 9.02. The molecule has 0 atom stereocenters. The summed E-state index contributed by atoms with van der Waals surface area (Å²) in [6.45, 7) is 0. The van der Waals surface area contributed by atoms with Crippen LogP contribution in [0.4, 0.5) is 0 Å². The molecule has 0 unspecified atom stereocenters. The van der Waals surface area contributed by atoms with Gasteiger partial charge in [0.2, 0.25) is 11.8 Å². The van der Waals surface area contributed by atoms with E-state index >= 15 is 0 Å². The van der Waals surface area contributed by atoms with Gasteiger partial charge in [-0.2, -0.15) is 22.7 Å². The van der Waals surface area contributed by atoms with E-state index in [9.17, 15) is 0 Å². The van der Waals surface area contributed by atoms with E-state index in [1.165, 1.54) is 30.9 Å². The van der Waals surface area contributed by atoms with Gasteiger partial charge in [-0.05, 0) is 55.8 Å². The van der Waals surface area contributed by atoms with Crippen molar-refractivity contribution in [1.82, 2.24) is 19.9 Å². The van der Waals surface area contributed by atoms with Crippen molar-refractivity contribution in [2.24, 2.45) is 0 Å². The van der Waals surface area contributed by atoms with Gasteiger partial charge in [0, 0.05) is 34.2 Å². The Bertz CT molecular complexity index is 2030. The minimum Gasteiger partial charge on any atom is -0.422 e. The van der Waals surface area contributed by atoms with Gasteiger partial charge in [-0.1, -0.05) is 35.0 Å². The zero-order valence-corrected chi connectivity index (χ0v) is 24.5. The van der Waals surface area contributed by atoms with Crippen LogP contribution in [0, 0.1) is 12.1 Å². The zero-order valence-electron chi connectivity index (χ0n) is 20.6. The largest absolute Gasteiger partial charge is 2.00 e. The molecular weight excluding hydrogens is 716 g/mol. The third-order valence-electron chi connectivity index (χ3n) is 6.62. The molecule has 0 aliphatic carbocycles. The molecule has 0 radical (unpaired) electrons. The maximum atomic E-state index is 6.13. The molecule has 0 spiro atoms. The van der Waals surface area contributed by atoms with Gasteiger partial charge in [-0.25, -0.2) is 0 Å². The van der Waals surface area contributed by atoms with Crippen LogP contribution in [0.25, 0.3) is 62.9 Å². The van der Waals surface area contributed by atoms with E-state index in [2.05, 4.69) is 46.4 Å². The van der Waals surface area contributed by atoms with E-state index in [0.29, 0.717) is 11.8 Å². The first-order chi connectivity index (χ1) is 19.3. The molecule has 8 aromatic rings. The Morgan fingerprint density at radius 3 is 1.57 bits per heavy atom. The summed E-state index contributed by atoms with van der Waals surface area (Å²) < 4.78 is 10.8. The Kier molecular flexibility index (Phi) is 6.35. The summed E-state index contributed by atoms with van der Waals surface area (Å²) in [5, 5.41) is 4.74. The van der Waals surface area contributed by atoms with Gasteiger partial charge in [0.25, 0.3) is 0 Å². The molecule has 0 amide bonds. The van der Waals surface area contributed by atoms with Crippen molar-refractivity contribution < 1.29 is 25.8 Å². The minimum absolute atomic E-state index is 0. The predicted octanol–water partition coefficient (Wildman–Crippen LogP) is 8.73. The van der Waals surface area contributed by atoms with Crippen LogP contribution in [-0.2, 0) is 21.1 Å². The van der Waals surface area contributed by atoms with Crippen molar-refractivity contribution in [3.63, 3.8) is 0 Å². The summed E-state index contributed by atoms with van der Waals surface area (Å²) in [6, 6.07) is 30.7. The van der Waals surface area contributed by atoms with Gasteiger partial charge in [-0.3, -0.25) is 19.9 Å². The molecule has 8 rings (SSSR count). The molecule has 192 valence electrons. The molecule has 6 heterocycles. The molecule has 0 aliphatic rings. The van der Waals surface area contributed by atoms with E-state index in [-0.39, 0.29) is 21.1 Å². The first kappa shape index (κ1) is 25.0. The van der Waals surface area contributed by atoms with Gasteiger partial charge >= 0.3 is 21.1 Å². The normalized spacial score (nSPS) is 11.3. The molecule has 8 heteroatoms. The summed E-state index contributed by atoms with van der Waals surface area (Å²) in [7, 11) is 0. The van der Waals surface area contributed by atoms with Crippen molar-refractivity contribution in [3.05, 3.63) is 110 Å². The summed E-state index contributed by atoms with van der Waals surface area (Å²) in [5.74, 6) is 0.946. The van der Waals surface area contributed by atoms with Crippen molar-refractivity contribution in [2.45, 2.75) is 0 Å². The fourth-order valence-corrected chi connectivity index (χ4v) is 6.87. The summed E-state index contributed by atoms with van der Waals surface area (Å²) in [4.78, 5) is 18.0. The SMILES string of the molecule is [Pt+2].[c-]1cc2sc3cnccc3c2cc1-c1cccc(Oc2cccc(-c3[c-]cc4sc5cnccc5c4c3)n2)n1. The average molecular weight is 732 g/mol. The van der Waals surface area contributed by atoms with E-state index in [1.807, 2.05) is 73.3 Å². The van der Waals surface area contributed by atoms with Crippen molar-refractivity contribution in [2.75, 3.05) is 0 Å². The molecular formula is C32H16N4OPtS2. The molecule has 0 saturated heterocycles. The number of benzene rings is 2. The average Bonchev–Trinajstić information content (AvgIpc) is 3.55. The van der Waals surface area contributed by atoms with Gasteiger partial charge in [0.1, 0.15) is 0 Å². The van der Waals surface area contributed by atoms with Gasteiger partial charge in [-0.15, -0.1) is 47.5 Å². The van der Waals surface area contributed by atoms with Crippen LogP contribution in [-0.4, -0.2) is 19.9 Å². The molecule has 0 N–H and O–H groups in total. The molecule has 2 aromatic carbocycles. The van der Waals surface area contributed by atoms with Gasteiger partial charge < -0.3 is 4.74 Å². The maximum Gasteiger partial charge on any atom is 2.00 e. The number of hydrogen-bond donors (Lipinski definition) is 0. The smallest absolute Gasteiger partial charge is 0.422 e. The molecule has 40 heavy (non-hydrogen) atoms. The number of aromatic nitrogens is 4. The number of fused-ring (bicyclic) bond motifs is 6. The van der Waals surface area contributed by atoms with Crippen molar-refractivity contribution in [3.8, 4) is 34.3 Å².